The van der Waals surface area contributed by atoms with Crippen LogP contribution in [0.5, 0.6) is 28.7 Å². The maximum Gasteiger partial charge on any atom is 0.410 e. The molecule has 4 aliphatic heterocycles. The molecule has 121 heavy (non-hydrogen) atoms. The number of aromatic nitrogens is 5. The Hall–Kier alpha value is -9.66. The van der Waals surface area contributed by atoms with Crippen molar-refractivity contribution in [3.05, 3.63) is 141 Å². The number of nitrogens with two attached hydrogens (primary N) is 1. The van der Waals surface area contributed by atoms with Gasteiger partial charge in [-0.1, -0.05) is 23.7 Å². The normalized spacial score (nSPS) is 15.0. The molecule has 0 radical (unpaired) electrons. The van der Waals surface area contributed by atoms with E-state index in [1.54, 1.807) is 101 Å². The molecule has 37 heteroatoms. The standard InChI is InChI=1S/C15H21N3O2.C13H18N2O2S.C12H20N2O2.C11H16N2O4S.C9H18N2O2.2C8H10ClNO2.C7H12N2.CO2.17H2/c1-3-5-16-7-9-17(10-8-16)11-12-18-6-4-14(19)15(20)13(18)2;1-3-5-14-6-9-18-10-8-15-7-4-12(16)13(17)11(15)2;1-5-6-13-7-9-14(10-8-13)11(15)16-12(2,3)4;1-7-10(15)9(14)2-3-13(7)4-5-18-6-8(12)11(16)17;1-9(2,3)13-8(12)11-6-4-10-5-7-11;2*1-6-8(12)7(11)2-4-10(6)5-3-9;1-2-5-9-6-3-8-4-7-9;2-1-3;;;;;;;;;;;;;;;;;/h1,4,6,20H,5,7-12H2,2H3;1,4,7,14,17H,5-6,8-10H2,2H3;1H,6-10H2,2-4H3;2-3,8,15H,4-6,12H2,1H3,(H,16,17);10H,4-7H2,1-3H3;2*2,4,12H,3,5H2,1H3;1,8H,3-7H2;;17*1H/i;;;;;;;;;12*1+1D;5*1+1. The molecule has 5 aromatic heterocycles. The molecular formula is C84H159Cl2N15O18S2. The van der Waals surface area contributed by atoms with Crippen molar-refractivity contribution in [1.82, 2.24) is 68.2 Å². The topological polar surface area (TPSA) is 417 Å². The number of aromatic hydroxyl groups is 5. The highest BCUT2D eigenvalue weighted by Crippen LogP contribution is 2.17. The second-order valence-corrected chi connectivity index (χ2v) is 32.4. The van der Waals surface area contributed by atoms with Crippen LogP contribution < -0.4 is 48.8 Å². The number of aryl methyl sites for hydroxylation is 4. The SMILES string of the molecule is C#CCN1CCN(C(=O)OC(C)(C)C)CC1.C#CCN1CCN(CCn2ccc(=O)c(O)c2C)CC1.C#CCN1CCNCC1.C#CCNCCSCCn1ccc(=O)c(O)c1C.CC(C)(C)OC(=O)N1CCNCC1.Cc1c(O)c(=O)ccn1CCCl.Cc1c(O)c(=O)ccn1CCCl.Cc1c(O)c(=O)ccn1CCSCC(N)C(=O)O.O=C=O.[2HH].[2HH].[2HH].[2HH].[2HH].[2H][2H].[2H][2H].[2H][2H].[2H][2H].[2H][2H].[2H][2H].[2H][2H].[2H][2H].[2H][2H].[2H][2H].[2H][2H].[2H][2H]. The molecule has 0 aliphatic carbocycles. The fourth-order valence-corrected chi connectivity index (χ4v) is 13.1. The second kappa shape index (κ2) is 60.8. The number of piperazine rings is 4. The number of amides is 2. The zero-order valence-electron chi connectivity index (χ0n) is 95.6. The van der Waals surface area contributed by atoms with E-state index in [2.05, 4.69) is 59.2 Å². The van der Waals surface area contributed by atoms with Gasteiger partial charge in [0.15, 0.2) is 28.7 Å². The molecule has 0 aromatic carbocycles. The number of nitrogens with one attached hydrogen (secondary N) is 3. The third-order valence-electron chi connectivity index (χ3n) is 18.0. The highest BCUT2D eigenvalue weighted by Gasteiger charge is 2.27. The summed E-state index contributed by atoms with van der Waals surface area (Å²) in [5.41, 5.74) is 5.68. The minimum atomic E-state index is -1.01. The van der Waals surface area contributed by atoms with Crippen molar-refractivity contribution >= 4 is 71.0 Å². The number of terminal acetylenes is 4. The Bertz CT molecular complexity index is 4500. The summed E-state index contributed by atoms with van der Waals surface area (Å²) in [7, 11) is 0. The van der Waals surface area contributed by atoms with Crippen LogP contribution in [0, 0.1) is 84.0 Å². The Morgan fingerprint density at radius 3 is 1.10 bits per heavy atom. The first-order valence-electron chi connectivity index (χ1n) is 51.2. The number of pyridine rings is 5. The number of hydrogen-bond donors (Lipinski definition) is 10. The Morgan fingerprint density at radius 1 is 0.479 bits per heavy atom. The van der Waals surface area contributed by atoms with Crippen molar-refractivity contribution in [2.75, 3.05) is 179 Å². The van der Waals surface area contributed by atoms with Crippen LogP contribution in [-0.4, -0.2) is 303 Å². The van der Waals surface area contributed by atoms with Gasteiger partial charge in [0.2, 0.25) is 27.1 Å². The van der Waals surface area contributed by atoms with Gasteiger partial charge in [0.1, 0.15) is 17.2 Å². The highest BCUT2D eigenvalue weighted by molar-refractivity contribution is 7.99. The van der Waals surface area contributed by atoms with E-state index in [9.17, 15) is 63.9 Å². The number of halogens is 2. The molecule has 33 nitrogen and oxygen atoms in total. The maximum atomic E-state index is 11.7. The molecule has 5 aromatic rings. The van der Waals surface area contributed by atoms with E-state index in [-0.39, 0.29) is 81.5 Å². The molecule has 1 atom stereocenters. The van der Waals surface area contributed by atoms with E-state index >= 15 is 0 Å². The lowest BCUT2D eigenvalue weighted by atomic mass is 10.2. The van der Waals surface area contributed by atoms with Gasteiger partial charge in [-0.05, 0) is 76.2 Å². The van der Waals surface area contributed by atoms with Gasteiger partial charge in [0.25, 0.3) is 0 Å². The summed E-state index contributed by atoms with van der Waals surface area (Å²) in [6.07, 6.45) is 29.0. The van der Waals surface area contributed by atoms with Crippen LogP contribution in [0.25, 0.3) is 0 Å². The van der Waals surface area contributed by atoms with E-state index in [0.717, 1.165) is 142 Å². The van der Waals surface area contributed by atoms with Gasteiger partial charge in [0.05, 0.1) is 54.6 Å². The fourth-order valence-electron chi connectivity index (χ4n) is 11.0. The number of alkyl halides is 2. The predicted octanol–water partition coefficient (Wildman–Crippen LogP) is 8.26. The van der Waals surface area contributed by atoms with Crippen molar-refractivity contribution in [2.24, 2.45) is 5.73 Å². The number of nitrogens with zero attached hydrogens (tertiary/aromatic N) is 11. The van der Waals surface area contributed by atoms with E-state index in [1.165, 1.54) is 42.1 Å². The van der Waals surface area contributed by atoms with E-state index in [4.69, 9.17) is 114 Å². The number of ether oxygens (including phenoxy) is 2. The molecule has 4 saturated heterocycles. The van der Waals surface area contributed by atoms with Crippen LogP contribution in [0.15, 0.2) is 85.3 Å². The summed E-state index contributed by atoms with van der Waals surface area (Å²) in [5.74, 6) is 12.3. The lowest BCUT2D eigenvalue weighted by Gasteiger charge is -2.34. The van der Waals surface area contributed by atoms with E-state index in [0.29, 0.717) is 97.5 Å². The van der Waals surface area contributed by atoms with Gasteiger partial charge in [-0.15, -0.1) is 48.9 Å². The lowest BCUT2D eigenvalue weighted by Crippen LogP contribution is -2.49. The summed E-state index contributed by atoms with van der Waals surface area (Å²) in [5, 5.41) is 65.3. The van der Waals surface area contributed by atoms with Gasteiger partial charge in [-0.2, -0.15) is 33.1 Å². The molecule has 0 bridgehead atoms. The zero-order chi connectivity index (χ0) is 115. The summed E-state index contributed by atoms with van der Waals surface area (Å²) in [4.78, 5) is 118. The molecule has 11 N–H and O–H groups in total. The average molecular weight is 1830 g/mol. The largest absolute Gasteiger partial charge is 0.503 e. The number of carbonyl (C=O) groups excluding carboxylic acids is 4. The molecular weight excluding hydrogens is 1640 g/mol. The number of aliphatic carboxylic acids is 1. The molecule has 4 fully saturated rings. The summed E-state index contributed by atoms with van der Waals surface area (Å²) in [6, 6.07) is 5.90. The van der Waals surface area contributed by atoms with Gasteiger partial charge in [-0.25, -0.2) is 9.59 Å². The van der Waals surface area contributed by atoms with Gasteiger partial charge in [-0.3, -0.25) is 48.4 Å². The van der Waals surface area contributed by atoms with Crippen LogP contribution in [0.2, 0.25) is 0 Å². The Morgan fingerprint density at radius 2 is 0.777 bits per heavy atom. The number of carboxylic acids is 1. The van der Waals surface area contributed by atoms with E-state index in [1.807, 2.05) is 50.7 Å². The van der Waals surface area contributed by atoms with Gasteiger partial charge < -0.3 is 94.4 Å². The third-order valence-corrected chi connectivity index (χ3v) is 20.4. The molecule has 0 saturated carbocycles. The van der Waals surface area contributed by atoms with Crippen LogP contribution in [0.4, 0.5) is 9.59 Å². The predicted molar refractivity (Wildman–Crippen MR) is 513 cm³/mol. The van der Waals surface area contributed by atoms with Crippen LogP contribution in [-0.2, 0) is 56.6 Å². The number of hydrogen-bond acceptors (Lipinski definition) is 27. The molecule has 9 rings (SSSR count). The average Bonchev–Trinajstić information content (AvgIpc) is 0.838. The van der Waals surface area contributed by atoms with E-state index < -0.39 is 23.0 Å². The summed E-state index contributed by atoms with van der Waals surface area (Å²) < 4.78 is 140. The molecule has 9 heterocycles. The monoisotopic (exact) mass is 1830 g/mol. The Kier molecular flexibility index (Phi) is 44.7. The number of carbonyl (C=O) groups is 3. The molecule has 0 spiro atoms. The summed E-state index contributed by atoms with van der Waals surface area (Å²) >= 11 is 14.3. The first-order chi connectivity index (χ1) is 69.3. The Balaban J connectivity index is -0.0000000870. The molecule has 2 amide bonds. The first-order valence-corrected chi connectivity index (χ1v) is 42.6. The highest BCUT2D eigenvalue weighted by atomic mass is 35.5. The zero-order valence-corrected chi connectivity index (χ0v) is 74.8. The van der Waals surface area contributed by atoms with Crippen molar-refractivity contribution in [3.63, 3.8) is 0 Å². The molecule has 704 valence electrons. The van der Waals surface area contributed by atoms with Crippen molar-refractivity contribution in [3.8, 4) is 78.1 Å². The minimum Gasteiger partial charge on any atom is -0.503 e. The Labute approximate surface area is 773 Å². The van der Waals surface area contributed by atoms with Crippen LogP contribution in [0.1, 0.15) is 113 Å². The smallest absolute Gasteiger partial charge is 0.410 e. The lowest BCUT2D eigenvalue weighted by molar-refractivity contribution is -0.191. The van der Waals surface area contributed by atoms with Crippen molar-refractivity contribution in [2.45, 2.75) is 126 Å². The summed E-state index contributed by atoms with van der Waals surface area (Å²) in [6.45, 7) is 42.3. The quantitative estimate of drug-likeness (QED) is 0.0167. The fraction of sp³-hybridized carbons (Fsp3) is 0.560. The van der Waals surface area contributed by atoms with Crippen molar-refractivity contribution in [1.29, 1.82) is 0 Å². The van der Waals surface area contributed by atoms with Crippen LogP contribution in [0.3, 0.4) is 0 Å². The molecule has 4 aliphatic rings. The molecule has 1 unspecified atom stereocenters. The second-order valence-electron chi connectivity index (χ2n) is 29.2. The van der Waals surface area contributed by atoms with Gasteiger partial charge in [0, 0.05) is 289 Å². The maximum absolute atomic E-state index is 11.7. The number of rotatable bonds is 23. The van der Waals surface area contributed by atoms with Crippen molar-refractivity contribution < 1.29 is 107 Å². The number of thioether (sulfide) groups is 2. The third kappa shape index (κ3) is 45.2. The van der Waals surface area contributed by atoms with Crippen LogP contribution >= 0.6 is 46.7 Å². The minimum absolute atomic E-state index is 0. The first kappa shape index (κ1) is 89.1. The van der Waals surface area contributed by atoms with Gasteiger partial charge >= 0.3 is 24.3 Å². The number of carboxylic acid groups (broad SMARTS) is 1.